The summed E-state index contributed by atoms with van der Waals surface area (Å²) in [5.41, 5.74) is 1.25. The molecule has 1 unspecified atom stereocenters. The van der Waals surface area contributed by atoms with E-state index >= 15 is 0 Å². The minimum atomic E-state index is 0.106. The molecule has 2 heteroatoms. The maximum absolute atomic E-state index is 12.2. The van der Waals surface area contributed by atoms with Gasteiger partial charge in [0.1, 0.15) is 0 Å². The first kappa shape index (κ1) is 14.7. The molecule has 0 fully saturated rings. The van der Waals surface area contributed by atoms with E-state index in [4.69, 9.17) is 0 Å². The SMILES string of the molecule is CCCCC(Cc1ccccc1)C(=O)NC(C)C. The average molecular weight is 247 g/mol. The molecule has 1 aromatic carbocycles. The second-order valence-corrected chi connectivity index (χ2v) is 5.19. The van der Waals surface area contributed by atoms with Crippen molar-refractivity contribution in [1.29, 1.82) is 0 Å². The van der Waals surface area contributed by atoms with Gasteiger partial charge in [-0.1, -0.05) is 50.1 Å². The van der Waals surface area contributed by atoms with Crippen LogP contribution >= 0.6 is 0 Å². The van der Waals surface area contributed by atoms with E-state index in [1.54, 1.807) is 0 Å². The summed E-state index contributed by atoms with van der Waals surface area (Å²) < 4.78 is 0. The van der Waals surface area contributed by atoms with Crippen molar-refractivity contribution in [3.8, 4) is 0 Å². The lowest BCUT2D eigenvalue weighted by molar-refractivity contribution is -0.125. The summed E-state index contributed by atoms with van der Waals surface area (Å²) in [7, 11) is 0. The number of carbonyl (C=O) groups excluding carboxylic acids is 1. The van der Waals surface area contributed by atoms with E-state index in [1.807, 2.05) is 32.0 Å². The van der Waals surface area contributed by atoms with Crippen molar-refractivity contribution in [1.82, 2.24) is 5.32 Å². The molecule has 0 radical (unpaired) electrons. The number of hydrogen-bond donors (Lipinski definition) is 1. The van der Waals surface area contributed by atoms with Crippen molar-refractivity contribution in [2.75, 3.05) is 0 Å². The predicted molar refractivity (Wildman–Crippen MR) is 76.4 cm³/mol. The highest BCUT2D eigenvalue weighted by Crippen LogP contribution is 2.16. The Morgan fingerprint density at radius 1 is 1.22 bits per heavy atom. The van der Waals surface area contributed by atoms with Gasteiger partial charge in [0, 0.05) is 12.0 Å². The van der Waals surface area contributed by atoms with Crippen LogP contribution in [-0.2, 0) is 11.2 Å². The number of rotatable bonds is 7. The van der Waals surface area contributed by atoms with Crippen LogP contribution in [0, 0.1) is 5.92 Å². The first-order valence-corrected chi connectivity index (χ1v) is 6.97. The van der Waals surface area contributed by atoms with Gasteiger partial charge in [0.25, 0.3) is 0 Å². The number of unbranched alkanes of at least 4 members (excludes halogenated alkanes) is 1. The van der Waals surface area contributed by atoms with Gasteiger partial charge in [0.15, 0.2) is 0 Å². The minimum absolute atomic E-state index is 0.106. The highest BCUT2D eigenvalue weighted by molar-refractivity contribution is 5.79. The van der Waals surface area contributed by atoms with Gasteiger partial charge in [0.2, 0.25) is 5.91 Å². The molecule has 0 aliphatic rings. The Balaban J connectivity index is 2.63. The van der Waals surface area contributed by atoms with Crippen molar-refractivity contribution < 1.29 is 4.79 Å². The van der Waals surface area contributed by atoms with Crippen molar-refractivity contribution in [2.24, 2.45) is 5.92 Å². The van der Waals surface area contributed by atoms with Crippen LogP contribution in [0.1, 0.15) is 45.6 Å². The summed E-state index contributed by atoms with van der Waals surface area (Å²) in [4.78, 5) is 12.2. The molecular weight excluding hydrogens is 222 g/mol. The smallest absolute Gasteiger partial charge is 0.223 e. The van der Waals surface area contributed by atoms with Crippen molar-refractivity contribution in [3.63, 3.8) is 0 Å². The molecule has 0 heterocycles. The first-order chi connectivity index (χ1) is 8.63. The van der Waals surface area contributed by atoms with Gasteiger partial charge in [-0.15, -0.1) is 0 Å². The van der Waals surface area contributed by atoms with Crippen molar-refractivity contribution >= 4 is 5.91 Å². The zero-order valence-electron chi connectivity index (χ0n) is 11.8. The van der Waals surface area contributed by atoms with Crippen LogP contribution in [0.4, 0.5) is 0 Å². The van der Waals surface area contributed by atoms with Gasteiger partial charge in [0.05, 0.1) is 0 Å². The molecule has 1 rings (SSSR count). The van der Waals surface area contributed by atoms with Crippen LogP contribution in [0.5, 0.6) is 0 Å². The summed E-state index contributed by atoms with van der Waals surface area (Å²) in [6, 6.07) is 10.5. The van der Waals surface area contributed by atoms with Gasteiger partial charge in [-0.25, -0.2) is 0 Å². The summed E-state index contributed by atoms with van der Waals surface area (Å²) in [5, 5.41) is 3.03. The number of hydrogen-bond acceptors (Lipinski definition) is 1. The van der Waals surface area contributed by atoms with Gasteiger partial charge in [-0.05, 0) is 32.3 Å². The molecule has 0 aromatic heterocycles. The largest absolute Gasteiger partial charge is 0.354 e. The molecule has 1 atom stereocenters. The van der Waals surface area contributed by atoms with E-state index < -0.39 is 0 Å². The predicted octanol–water partition coefficient (Wildman–Crippen LogP) is 3.56. The zero-order chi connectivity index (χ0) is 13.4. The molecule has 0 aliphatic carbocycles. The topological polar surface area (TPSA) is 29.1 Å². The molecule has 2 nitrogen and oxygen atoms in total. The number of nitrogens with one attached hydrogen (secondary N) is 1. The average Bonchev–Trinajstić information content (AvgIpc) is 2.34. The van der Waals surface area contributed by atoms with Gasteiger partial charge in [-0.2, -0.15) is 0 Å². The molecule has 1 amide bonds. The maximum Gasteiger partial charge on any atom is 0.223 e. The van der Waals surface area contributed by atoms with Gasteiger partial charge < -0.3 is 5.32 Å². The molecule has 0 saturated heterocycles. The van der Waals surface area contributed by atoms with Gasteiger partial charge in [-0.3, -0.25) is 4.79 Å². The fraction of sp³-hybridized carbons (Fsp3) is 0.562. The number of amides is 1. The summed E-state index contributed by atoms with van der Waals surface area (Å²) in [6.07, 6.45) is 4.08. The lowest BCUT2D eigenvalue weighted by Gasteiger charge is -2.18. The fourth-order valence-electron chi connectivity index (χ4n) is 2.08. The van der Waals surface area contributed by atoms with E-state index in [9.17, 15) is 4.79 Å². The Morgan fingerprint density at radius 2 is 1.89 bits per heavy atom. The van der Waals surface area contributed by atoms with E-state index in [0.717, 1.165) is 25.7 Å². The number of carbonyl (C=O) groups is 1. The van der Waals surface area contributed by atoms with Crippen LogP contribution in [-0.4, -0.2) is 11.9 Å². The summed E-state index contributed by atoms with van der Waals surface area (Å²) in [5.74, 6) is 0.303. The Kier molecular flexibility index (Phi) is 6.48. The normalized spacial score (nSPS) is 12.4. The lowest BCUT2D eigenvalue weighted by atomic mass is 9.93. The molecule has 100 valence electrons. The first-order valence-electron chi connectivity index (χ1n) is 6.97. The Labute approximate surface area is 111 Å². The molecule has 0 saturated carbocycles. The third-order valence-electron chi connectivity index (χ3n) is 3.03. The van der Waals surface area contributed by atoms with E-state index in [0.29, 0.717) is 0 Å². The second kappa shape index (κ2) is 7.91. The summed E-state index contributed by atoms with van der Waals surface area (Å²) in [6.45, 7) is 6.19. The molecule has 0 bridgehead atoms. The standard InChI is InChI=1S/C16H25NO/c1-4-5-11-15(16(18)17-13(2)3)12-14-9-7-6-8-10-14/h6-10,13,15H,4-5,11-12H2,1-3H3,(H,17,18). The zero-order valence-corrected chi connectivity index (χ0v) is 11.8. The third kappa shape index (κ3) is 5.35. The van der Waals surface area contributed by atoms with Crippen molar-refractivity contribution in [3.05, 3.63) is 35.9 Å². The monoisotopic (exact) mass is 247 g/mol. The molecule has 1 aromatic rings. The Bertz CT molecular complexity index is 345. The van der Waals surface area contributed by atoms with Crippen LogP contribution in [0.25, 0.3) is 0 Å². The van der Waals surface area contributed by atoms with E-state index in [-0.39, 0.29) is 17.9 Å². The molecule has 0 aliphatic heterocycles. The summed E-state index contributed by atoms with van der Waals surface area (Å²) >= 11 is 0. The third-order valence-corrected chi connectivity index (χ3v) is 3.03. The fourth-order valence-corrected chi connectivity index (χ4v) is 2.08. The molecule has 18 heavy (non-hydrogen) atoms. The highest BCUT2D eigenvalue weighted by atomic mass is 16.1. The maximum atomic E-state index is 12.2. The highest BCUT2D eigenvalue weighted by Gasteiger charge is 2.18. The minimum Gasteiger partial charge on any atom is -0.354 e. The van der Waals surface area contributed by atoms with Crippen LogP contribution in [0.2, 0.25) is 0 Å². The van der Waals surface area contributed by atoms with Crippen molar-refractivity contribution in [2.45, 2.75) is 52.5 Å². The second-order valence-electron chi connectivity index (χ2n) is 5.19. The van der Waals surface area contributed by atoms with E-state index in [2.05, 4.69) is 24.4 Å². The van der Waals surface area contributed by atoms with Crippen LogP contribution in [0.15, 0.2) is 30.3 Å². The van der Waals surface area contributed by atoms with Crippen LogP contribution < -0.4 is 5.32 Å². The van der Waals surface area contributed by atoms with Crippen LogP contribution in [0.3, 0.4) is 0 Å². The van der Waals surface area contributed by atoms with Gasteiger partial charge >= 0.3 is 0 Å². The Morgan fingerprint density at radius 3 is 2.44 bits per heavy atom. The Hall–Kier alpha value is -1.31. The lowest BCUT2D eigenvalue weighted by Crippen LogP contribution is -2.36. The molecule has 0 spiro atoms. The quantitative estimate of drug-likeness (QED) is 0.784. The molecular formula is C16H25NO. The van der Waals surface area contributed by atoms with E-state index in [1.165, 1.54) is 5.56 Å². The molecule has 1 N–H and O–H groups in total. The number of benzene rings is 1.